The standard InChI is InChI=1S/C24H31N3O3/c1-8-22(28)29-16-30-23(21-14-17(3)26-27(21)9-2)20(15-25-7)18-10-12-19(13-11-18)24(4,5)6/h8,10-15H,1,9,16H2,2-7H3/b23-20-,25-15-. The van der Waals surface area contributed by atoms with Crippen molar-refractivity contribution in [1.82, 2.24) is 9.78 Å². The van der Waals surface area contributed by atoms with E-state index in [0.717, 1.165) is 28.6 Å². The highest BCUT2D eigenvalue weighted by atomic mass is 16.7. The van der Waals surface area contributed by atoms with Crippen LogP contribution in [0, 0.1) is 6.92 Å². The number of ether oxygens (including phenoxy) is 2. The van der Waals surface area contributed by atoms with Gasteiger partial charge in [-0.05, 0) is 36.5 Å². The fourth-order valence-electron chi connectivity index (χ4n) is 3.01. The summed E-state index contributed by atoms with van der Waals surface area (Å²) in [4.78, 5) is 15.7. The highest BCUT2D eigenvalue weighted by molar-refractivity contribution is 6.18. The molecule has 6 heteroatoms. The van der Waals surface area contributed by atoms with E-state index in [1.165, 1.54) is 5.56 Å². The molecule has 6 nitrogen and oxygen atoms in total. The molecule has 0 aliphatic rings. The molecule has 2 aromatic rings. The fraction of sp³-hybridized carbons (Fsp3) is 0.375. The smallest absolute Gasteiger partial charge is 0.333 e. The molecule has 30 heavy (non-hydrogen) atoms. The molecule has 0 spiro atoms. The molecule has 0 radical (unpaired) electrons. The van der Waals surface area contributed by atoms with E-state index in [1.54, 1.807) is 13.3 Å². The van der Waals surface area contributed by atoms with Gasteiger partial charge in [-0.1, -0.05) is 51.6 Å². The first-order chi connectivity index (χ1) is 14.2. The summed E-state index contributed by atoms with van der Waals surface area (Å²) in [5, 5.41) is 4.53. The maximum absolute atomic E-state index is 11.5. The maximum atomic E-state index is 11.5. The Bertz CT molecular complexity index is 945. The fourth-order valence-corrected chi connectivity index (χ4v) is 3.01. The molecule has 0 saturated heterocycles. The van der Waals surface area contributed by atoms with Crippen LogP contribution in [0.1, 0.15) is 50.2 Å². The number of aromatic nitrogens is 2. The molecular formula is C24H31N3O3. The lowest BCUT2D eigenvalue weighted by Gasteiger charge is -2.20. The normalized spacial score (nSPS) is 12.6. The summed E-state index contributed by atoms with van der Waals surface area (Å²) < 4.78 is 12.9. The molecule has 2 rings (SSSR count). The molecule has 0 aliphatic carbocycles. The molecule has 1 aromatic heterocycles. The number of hydrogen-bond acceptors (Lipinski definition) is 5. The topological polar surface area (TPSA) is 65.7 Å². The quantitative estimate of drug-likeness (QED) is 0.207. The maximum Gasteiger partial charge on any atom is 0.333 e. The monoisotopic (exact) mass is 409 g/mol. The van der Waals surface area contributed by atoms with E-state index in [1.807, 2.05) is 24.6 Å². The van der Waals surface area contributed by atoms with Crippen molar-refractivity contribution < 1.29 is 14.3 Å². The molecule has 0 fully saturated rings. The molecule has 0 bridgehead atoms. The average Bonchev–Trinajstić information content (AvgIpc) is 3.09. The highest BCUT2D eigenvalue weighted by Crippen LogP contribution is 2.29. The van der Waals surface area contributed by atoms with Crippen molar-refractivity contribution in [2.45, 2.75) is 46.6 Å². The Morgan fingerprint density at radius 2 is 1.90 bits per heavy atom. The van der Waals surface area contributed by atoms with Gasteiger partial charge in [0.15, 0.2) is 5.76 Å². The zero-order chi connectivity index (χ0) is 22.3. The molecule has 0 amide bonds. The third-order valence-electron chi connectivity index (χ3n) is 4.57. The van der Waals surface area contributed by atoms with E-state index in [9.17, 15) is 4.79 Å². The molecule has 160 valence electrons. The van der Waals surface area contributed by atoms with Gasteiger partial charge >= 0.3 is 5.97 Å². The number of esters is 1. The zero-order valence-electron chi connectivity index (χ0n) is 18.7. The van der Waals surface area contributed by atoms with Crippen LogP contribution in [-0.4, -0.2) is 35.8 Å². The Balaban J connectivity index is 2.60. The lowest BCUT2D eigenvalue weighted by Crippen LogP contribution is -2.12. The summed E-state index contributed by atoms with van der Waals surface area (Å²) in [5.74, 6) is -0.00168. The summed E-state index contributed by atoms with van der Waals surface area (Å²) in [7, 11) is 1.71. The second kappa shape index (κ2) is 10.1. The van der Waals surface area contributed by atoms with E-state index in [2.05, 4.69) is 61.7 Å². The van der Waals surface area contributed by atoms with Crippen molar-refractivity contribution in [2.24, 2.45) is 4.99 Å². The Morgan fingerprint density at radius 1 is 1.23 bits per heavy atom. The Labute approximate surface area is 178 Å². The lowest BCUT2D eigenvalue weighted by atomic mass is 9.86. The van der Waals surface area contributed by atoms with E-state index in [-0.39, 0.29) is 12.2 Å². The van der Waals surface area contributed by atoms with E-state index >= 15 is 0 Å². The summed E-state index contributed by atoms with van der Waals surface area (Å²) >= 11 is 0. The predicted octanol–water partition coefficient (Wildman–Crippen LogP) is 4.78. The highest BCUT2D eigenvalue weighted by Gasteiger charge is 2.19. The van der Waals surface area contributed by atoms with Gasteiger partial charge in [0.2, 0.25) is 6.79 Å². The van der Waals surface area contributed by atoms with Crippen molar-refractivity contribution in [3.05, 3.63) is 65.5 Å². The van der Waals surface area contributed by atoms with Gasteiger partial charge in [0.25, 0.3) is 0 Å². The van der Waals surface area contributed by atoms with Crippen LogP contribution in [0.25, 0.3) is 11.3 Å². The minimum atomic E-state index is -0.547. The second-order valence-corrected chi connectivity index (χ2v) is 7.87. The summed E-state index contributed by atoms with van der Waals surface area (Å²) in [6.07, 6.45) is 2.85. The van der Waals surface area contributed by atoms with Crippen molar-refractivity contribution in [3.8, 4) is 0 Å². The number of nitrogens with zero attached hydrogens (tertiary/aromatic N) is 3. The minimum absolute atomic E-state index is 0.0530. The number of rotatable bonds is 8. The summed E-state index contributed by atoms with van der Waals surface area (Å²) in [5.41, 5.74) is 4.67. The minimum Gasteiger partial charge on any atom is -0.454 e. The van der Waals surface area contributed by atoms with Gasteiger partial charge in [0.05, 0.1) is 5.69 Å². The number of carbonyl (C=O) groups excluding carboxylic acids is 1. The predicted molar refractivity (Wildman–Crippen MR) is 121 cm³/mol. The van der Waals surface area contributed by atoms with E-state index in [0.29, 0.717) is 12.3 Å². The van der Waals surface area contributed by atoms with Crippen molar-refractivity contribution >= 4 is 23.5 Å². The molecule has 0 atom stereocenters. The number of allylic oxidation sites excluding steroid dienone is 1. The SMILES string of the molecule is C=CC(=O)OCO/C(=C(/C=N\C)c1ccc(C(C)(C)C)cc1)c1cc(C)nn1CC. The third kappa shape index (κ3) is 5.69. The number of carbonyl (C=O) groups is 1. The van der Waals surface area contributed by atoms with Crippen LogP contribution in [0.3, 0.4) is 0 Å². The lowest BCUT2D eigenvalue weighted by molar-refractivity contribution is -0.145. The van der Waals surface area contributed by atoms with Crippen LogP contribution in [-0.2, 0) is 26.2 Å². The largest absolute Gasteiger partial charge is 0.454 e. The average molecular weight is 410 g/mol. The molecule has 0 saturated carbocycles. The molecule has 0 N–H and O–H groups in total. The Hall–Kier alpha value is -3.15. The first kappa shape index (κ1) is 23.1. The summed E-state index contributed by atoms with van der Waals surface area (Å²) in [6.45, 7) is 14.3. The van der Waals surface area contributed by atoms with Crippen LogP contribution in [0.4, 0.5) is 0 Å². The number of benzene rings is 1. The van der Waals surface area contributed by atoms with Crippen molar-refractivity contribution in [1.29, 1.82) is 0 Å². The number of aliphatic imine (C=N–C) groups is 1. The van der Waals surface area contributed by atoms with Gasteiger partial charge < -0.3 is 9.47 Å². The zero-order valence-corrected chi connectivity index (χ0v) is 18.7. The first-order valence-electron chi connectivity index (χ1n) is 9.95. The molecule has 0 unspecified atom stereocenters. The van der Waals surface area contributed by atoms with Gasteiger partial charge in [0, 0.05) is 31.5 Å². The Kier molecular flexibility index (Phi) is 7.75. The Morgan fingerprint density at radius 3 is 2.43 bits per heavy atom. The molecule has 0 aliphatic heterocycles. The van der Waals surface area contributed by atoms with Crippen LogP contribution < -0.4 is 0 Å². The van der Waals surface area contributed by atoms with Gasteiger partial charge in [-0.15, -0.1) is 0 Å². The number of hydrogen-bond donors (Lipinski definition) is 0. The van der Waals surface area contributed by atoms with Crippen LogP contribution in [0.15, 0.2) is 48.0 Å². The van der Waals surface area contributed by atoms with Gasteiger partial charge in [-0.3, -0.25) is 9.67 Å². The van der Waals surface area contributed by atoms with Crippen molar-refractivity contribution in [2.75, 3.05) is 13.8 Å². The van der Waals surface area contributed by atoms with Gasteiger partial charge in [-0.25, -0.2) is 4.79 Å². The molecular weight excluding hydrogens is 378 g/mol. The van der Waals surface area contributed by atoms with Crippen molar-refractivity contribution in [3.63, 3.8) is 0 Å². The van der Waals surface area contributed by atoms with Crippen LogP contribution in [0.2, 0.25) is 0 Å². The third-order valence-corrected chi connectivity index (χ3v) is 4.57. The van der Waals surface area contributed by atoms with E-state index < -0.39 is 5.97 Å². The van der Waals surface area contributed by atoms with Crippen LogP contribution in [0.5, 0.6) is 0 Å². The van der Waals surface area contributed by atoms with Crippen LogP contribution >= 0.6 is 0 Å². The second-order valence-electron chi connectivity index (χ2n) is 7.87. The molecule has 1 aromatic carbocycles. The summed E-state index contributed by atoms with van der Waals surface area (Å²) in [6, 6.07) is 10.3. The first-order valence-corrected chi connectivity index (χ1v) is 9.95. The molecule has 1 heterocycles. The van der Waals surface area contributed by atoms with Gasteiger partial charge in [0.1, 0.15) is 5.69 Å². The number of aryl methyl sites for hydroxylation is 2. The van der Waals surface area contributed by atoms with Gasteiger partial charge in [-0.2, -0.15) is 5.10 Å². The van der Waals surface area contributed by atoms with E-state index in [4.69, 9.17) is 9.47 Å².